The van der Waals surface area contributed by atoms with Crippen molar-refractivity contribution in [1.29, 1.82) is 0 Å². The normalized spacial score (nSPS) is 42.6. The van der Waals surface area contributed by atoms with Crippen LogP contribution < -0.4 is 0 Å². The van der Waals surface area contributed by atoms with Gasteiger partial charge < -0.3 is 25.0 Å². The van der Waals surface area contributed by atoms with E-state index in [1.54, 1.807) is 12.0 Å². The molecule has 7 nitrogen and oxygen atoms in total. The number of rotatable bonds is 6. The van der Waals surface area contributed by atoms with Crippen LogP contribution >= 0.6 is 0 Å². The monoisotopic (exact) mass is 397 g/mol. The minimum absolute atomic E-state index is 0.0146. The summed E-state index contributed by atoms with van der Waals surface area (Å²) in [6.07, 6.45) is 1.39. The van der Waals surface area contributed by atoms with Crippen molar-refractivity contribution in [2.24, 2.45) is 29.1 Å². The number of hydrogen-bond acceptors (Lipinski definition) is 6. The van der Waals surface area contributed by atoms with Gasteiger partial charge in [-0.1, -0.05) is 0 Å². The third-order valence-electron chi connectivity index (χ3n) is 7.69. The lowest BCUT2D eigenvalue weighted by atomic mass is 9.50. The Labute approximate surface area is 167 Å². The van der Waals surface area contributed by atoms with Gasteiger partial charge in [-0.15, -0.1) is 0 Å². The van der Waals surface area contributed by atoms with Crippen molar-refractivity contribution in [2.75, 3.05) is 26.8 Å². The second-order valence-electron chi connectivity index (χ2n) is 9.00. The Hall–Kier alpha value is -1.02. The molecule has 0 unspecified atom stereocenters. The molecule has 3 fully saturated rings. The van der Waals surface area contributed by atoms with Crippen LogP contribution in [0.25, 0.3) is 0 Å². The van der Waals surface area contributed by atoms with Gasteiger partial charge in [-0.25, -0.2) is 0 Å². The quantitative estimate of drug-likeness (QED) is 0.606. The van der Waals surface area contributed by atoms with Crippen molar-refractivity contribution in [3.8, 4) is 0 Å². The van der Waals surface area contributed by atoms with E-state index in [-0.39, 0.29) is 54.6 Å². The zero-order chi connectivity index (χ0) is 20.6. The van der Waals surface area contributed by atoms with Crippen LogP contribution in [0.4, 0.5) is 0 Å². The number of fused-ring (bicyclic) bond motifs is 3. The fourth-order valence-corrected chi connectivity index (χ4v) is 6.51. The number of hydrogen-bond donors (Lipinski definition) is 3. The molecule has 0 heterocycles. The molecule has 0 aliphatic heterocycles. The molecule has 8 atom stereocenters. The third-order valence-corrected chi connectivity index (χ3v) is 7.69. The van der Waals surface area contributed by atoms with Crippen molar-refractivity contribution >= 4 is 11.7 Å². The van der Waals surface area contributed by atoms with Gasteiger partial charge in [-0.3, -0.25) is 9.59 Å². The molecule has 3 N–H and O–H groups in total. The summed E-state index contributed by atoms with van der Waals surface area (Å²) in [5.74, 6) is -0.823. The first kappa shape index (κ1) is 21.7. The van der Waals surface area contributed by atoms with Crippen molar-refractivity contribution in [1.82, 2.24) is 4.90 Å². The van der Waals surface area contributed by atoms with Crippen LogP contribution in [0.15, 0.2) is 0 Å². The molecule has 7 heteroatoms. The largest absolute Gasteiger partial charge is 0.396 e. The van der Waals surface area contributed by atoms with Gasteiger partial charge in [0.05, 0.1) is 30.3 Å². The Bertz CT molecular complexity index is 597. The number of aliphatic hydroxyl groups excluding tert-OH is 3. The Kier molecular flexibility index (Phi) is 6.49. The van der Waals surface area contributed by atoms with E-state index in [9.17, 15) is 24.9 Å². The summed E-state index contributed by atoms with van der Waals surface area (Å²) in [5, 5.41) is 31.7. The summed E-state index contributed by atoms with van der Waals surface area (Å²) in [5.41, 5.74) is -0.990. The third kappa shape index (κ3) is 3.30. The van der Waals surface area contributed by atoms with E-state index in [4.69, 9.17) is 4.74 Å². The molecule has 0 aromatic rings. The Balaban J connectivity index is 2.03. The van der Waals surface area contributed by atoms with Crippen LogP contribution in [0.1, 0.15) is 46.0 Å². The molecular formula is C21H35NO6. The van der Waals surface area contributed by atoms with Crippen LogP contribution in [0.5, 0.6) is 0 Å². The van der Waals surface area contributed by atoms with Gasteiger partial charge in [0.2, 0.25) is 5.91 Å². The topological polar surface area (TPSA) is 107 Å². The number of ketones is 1. The van der Waals surface area contributed by atoms with Crippen LogP contribution in [-0.2, 0) is 14.3 Å². The standard InChI is InChI=1S/C21H35NO6/c1-4-22(10-12(2)24)20(27)21-7-5-6-16(28-3)18(21)14-8-13(11-23)19(26)15(14)9-17(21)25/h13-19,23,25-26H,4-11H2,1-3H3/t13-,14-,15-,16-,17+,18+,19+,21+/m1/s1. The summed E-state index contributed by atoms with van der Waals surface area (Å²) in [4.78, 5) is 27.0. The fourth-order valence-electron chi connectivity index (χ4n) is 6.51. The fraction of sp³-hybridized carbons (Fsp3) is 0.905. The van der Waals surface area contributed by atoms with Gasteiger partial charge in [0.15, 0.2) is 0 Å². The number of likely N-dealkylation sites (N-methyl/N-ethyl adjacent to an activating group) is 1. The molecular weight excluding hydrogens is 362 g/mol. The molecule has 160 valence electrons. The van der Waals surface area contributed by atoms with E-state index >= 15 is 0 Å². The lowest BCUT2D eigenvalue weighted by molar-refractivity contribution is -0.196. The highest BCUT2D eigenvalue weighted by Crippen LogP contribution is 2.60. The number of ether oxygens (including phenoxy) is 1. The van der Waals surface area contributed by atoms with E-state index in [0.29, 0.717) is 25.8 Å². The number of methoxy groups -OCH3 is 1. The van der Waals surface area contributed by atoms with Crippen LogP contribution in [0.2, 0.25) is 0 Å². The van der Waals surface area contributed by atoms with Crippen LogP contribution in [-0.4, -0.2) is 77.0 Å². The van der Waals surface area contributed by atoms with E-state index in [1.165, 1.54) is 6.92 Å². The molecule has 0 aromatic heterocycles. The van der Waals surface area contributed by atoms with E-state index in [2.05, 4.69) is 0 Å². The predicted molar refractivity (Wildman–Crippen MR) is 102 cm³/mol. The first-order valence-corrected chi connectivity index (χ1v) is 10.6. The number of Topliss-reactive ketones (excluding diaryl/α,β-unsaturated/α-hetero) is 1. The van der Waals surface area contributed by atoms with Crippen molar-refractivity contribution < 1.29 is 29.6 Å². The SMILES string of the molecule is CCN(CC(C)=O)C(=O)[C@]12CCC[C@@H](OC)[C@@H]1[C@@H]1C[C@H](CO)[C@H](O)[C@@H]1C[C@@H]2O. The molecule has 0 spiro atoms. The van der Waals surface area contributed by atoms with E-state index in [0.717, 1.165) is 12.8 Å². The number of amides is 1. The van der Waals surface area contributed by atoms with Gasteiger partial charge in [0.1, 0.15) is 5.78 Å². The molecule has 0 bridgehead atoms. The maximum atomic E-state index is 13.8. The van der Waals surface area contributed by atoms with E-state index < -0.39 is 17.6 Å². The summed E-state index contributed by atoms with van der Waals surface area (Å²) < 4.78 is 5.80. The molecule has 0 saturated heterocycles. The maximum absolute atomic E-state index is 13.8. The molecule has 0 radical (unpaired) electrons. The first-order valence-electron chi connectivity index (χ1n) is 10.6. The summed E-state index contributed by atoms with van der Waals surface area (Å²) >= 11 is 0. The number of carbonyl (C=O) groups excluding carboxylic acids is 2. The van der Waals surface area contributed by atoms with Crippen molar-refractivity contribution in [2.45, 2.75) is 64.3 Å². The second kappa shape index (κ2) is 8.38. The zero-order valence-electron chi connectivity index (χ0n) is 17.2. The van der Waals surface area contributed by atoms with Crippen molar-refractivity contribution in [3.05, 3.63) is 0 Å². The van der Waals surface area contributed by atoms with E-state index in [1.807, 2.05) is 6.92 Å². The van der Waals surface area contributed by atoms with Crippen LogP contribution in [0, 0.1) is 29.1 Å². The summed E-state index contributed by atoms with van der Waals surface area (Å²) in [6.45, 7) is 3.68. The van der Waals surface area contributed by atoms with Gasteiger partial charge in [-0.05, 0) is 57.8 Å². The number of aliphatic hydroxyl groups is 3. The number of nitrogens with zero attached hydrogens (tertiary/aromatic N) is 1. The predicted octanol–water partition coefficient (Wildman–Crippen LogP) is 0.595. The first-order chi connectivity index (χ1) is 13.3. The lowest BCUT2D eigenvalue weighted by Crippen LogP contribution is -2.64. The average molecular weight is 398 g/mol. The molecule has 3 aliphatic carbocycles. The zero-order valence-corrected chi connectivity index (χ0v) is 17.2. The van der Waals surface area contributed by atoms with Gasteiger partial charge in [0.25, 0.3) is 0 Å². The Morgan fingerprint density at radius 3 is 2.50 bits per heavy atom. The summed E-state index contributed by atoms with van der Waals surface area (Å²) in [7, 11) is 1.64. The van der Waals surface area contributed by atoms with Gasteiger partial charge >= 0.3 is 0 Å². The highest BCUT2D eigenvalue weighted by molar-refractivity contribution is 5.89. The Morgan fingerprint density at radius 2 is 1.93 bits per heavy atom. The van der Waals surface area contributed by atoms with Gasteiger partial charge in [-0.2, -0.15) is 0 Å². The minimum atomic E-state index is -0.990. The second-order valence-corrected chi connectivity index (χ2v) is 9.00. The summed E-state index contributed by atoms with van der Waals surface area (Å²) in [6, 6.07) is 0. The molecule has 1 amide bonds. The molecule has 3 rings (SSSR count). The highest BCUT2D eigenvalue weighted by Gasteiger charge is 2.65. The van der Waals surface area contributed by atoms with Gasteiger partial charge in [0, 0.05) is 32.1 Å². The molecule has 3 aliphatic rings. The lowest BCUT2D eigenvalue weighted by Gasteiger charge is -2.57. The Morgan fingerprint density at radius 1 is 1.21 bits per heavy atom. The highest BCUT2D eigenvalue weighted by atomic mass is 16.5. The molecule has 0 aromatic carbocycles. The van der Waals surface area contributed by atoms with Crippen LogP contribution in [0.3, 0.4) is 0 Å². The maximum Gasteiger partial charge on any atom is 0.232 e. The smallest absolute Gasteiger partial charge is 0.232 e. The minimum Gasteiger partial charge on any atom is -0.396 e. The molecule has 3 saturated carbocycles. The number of carbonyl (C=O) groups is 2. The molecule has 28 heavy (non-hydrogen) atoms. The average Bonchev–Trinajstić information content (AvgIpc) is 3.00. The van der Waals surface area contributed by atoms with Crippen molar-refractivity contribution in [3.63, 3.8) is 0 Å².